The molecule has 1 N–H and O–H groups in total. The maximum absolute atomic E-state index is 12.3. The molecule has 1 rings (SSSR count). The number of alkyl halides is 3. The Morgan fingerprint density at radius 2 is 1.76 bits per heavy atom. The fourth-order valence-corrected chi connectivity index (χ4v) is 1.63. The van der Waals surface area contributed by atoms with Crippen molar-refractivity contribution >= 4 is 5.69 Å². The molecular weight excluding hydrogens is 229 g/mol. The number of hydrogen-bond donors (Lipinski definition) is 1. The zero-order chi connectivity index (χ0) is 12.9. The van der Waals surface area contributed by atoms with Gasteiger partial charge in [0, 0.05) is 18.8 Å². The number of anilines is 1. The Kier molecular flexibility index (Phi) is 4.81. The number of nitrogens with one attached hydrogen (secondary N) is 1. The van der Waals surface area contributed by atoms with Gasteiger partial charge in [-0.1, -0.05) is 12.1 Å². The van der Waals surface area contributed by atoms with Gasteiger partial charge < -0.3 is 10.2 Å². The first-order valence-electron chi connectivity index (χ1n) is 5.51. The van der Waals surface area contributed by atoms with Crippen molar-refractivity contribution in [2.45, 2.75) is 19.6 Å². The largest absolute Gasteiger partial charge is 0.405 e. The lowest BCUT2D eigenvalue weighted by Gasteiger charge is -2.24. The van der Waals surface area contributed by atoms with Gasteiger partial charge in [0.1, 0.15) is 6.54 Å². The molecule has 0 fully saturated rings. The molecule has 0 unspecified atom stereocenters. The first-order valence-corrected chi connectivity index (χ1v) is 5.51. The average Bonchev–Trinajstić information content (AvgIpc) is 2.26. The maximum atomic E-state index is 12.3. The highest BCUT2D eigenvalue weighted by atomic mass is 19.4. The maximum Gasteiger partial charge on any atom is 0.405 e. The summed E-state index contributed by atoms with van der Waals surface area (Å²) in [5.41, 5.74) is 1.66. The predicted octanol–water partition coefficient (Wildman–Crippen LogP) is 2.79. The van der Waals surface area contributed by atoms with Crippen LogP contribution in [-0.2, 0) is 6.54 Å². The second-order valence-corrected chi connectivity index (χ2v) is 3.83. The van der Waals surface area contributed by atoms with E-state index in [1.165, 1.54) is 4.90 Å². The van der Waals surface area contributed by atoms with E-state index in [-0.39, 0.29) is 0 Å². The lowest BCUT2D eigenvalue weighted by atomic mass is 10.2. The van der Waals surface area contributed by atoms with E-state index >= 15 is 0 Å². The molecule has 17 heavy (non-hydrogen) atoms. The van der Waals surface area contributed by atoms with Crippen LogP contribution in [0.1, 0.15) is 12.5 Å². The van der Waals surface area contributed by atoms with E-state index in [4.69, 9.17) is 0 Å². The van der Waals surface area contributed by atoms with Gasteiger partial charge in [0.25, 0.3) is 0 Å². The number of hydrogen-bond acceptors (Lipinski definition) is 2. The molecule has 96 valence electrons. The standard InChI is InChI=1S/C12H17F3N2/c1-3-17(9-12(13,14)15)11-6-4-10(5-7-11)8-16-2/h4-7,16H,3,8-9H2,1-2H3. The summed E-state index contributed by atoms with van der Waals surface area (Å²) in [4.78, 5) is 1.31. The van der Waals surface area contributed by atoms with Crippen LogP contribution in [-0.4, -0.2) is 26.3 Å². The molecule has 5 heteroatoms. The molecule has 0 amide bonds. The van der Waals surface area contributed by atoms with Gasteiger partial charge in [0.05, 0.1) is 0 Å². The van der Waals surface area contributed by atoms with Crippen molar-refractivity contribution in [1.82, 2.24) is 5.32 Å². The highest BCUT2D eigenvalue weighted by Crippen LogP contribution is 2.22. The number of halogens is 3. The Hall–Kier alpha value is -1.23. The summed E-state index contributed by atoms with van der Waals surface area (Å²) in [6, 6.07) is 7.12. The molecule has 0 radical (unpaired) electrons. The third-order valence-electron chi connectivity index (χ3n) is 2.43. The second-order valence-electron chi connectivity index (χ2n) is 3.83. The van der Waals surface area contributed by atoms with Crippen LogP contribution in [0.25, 0.3) is 0 Å². The van der Waals surface area contributed by atoms with Gasteiger partial charge in [-0.15, -0.1) is 0 Å². The molecule has 0 saturated carbocycles. The summed E-state index contributed by atoms with van der Waals surface area (Å²) in [6.07, 6.45) is -4.17. The molecule has 0 heterocycles. The van der Waals surface area contributed by atoms with Gasteiger partial charge >= 0.3 is 6.18 Å². The number of nitrogens with zero attached hydrogens (tertiary/aromatic N) is 1. The predicted molar refractivity (Wildman–Crippen MR) is 63.1 cm³/mol. The van der Waals surface area contributed by atoms with Gasteiger partial charge in [-0.25, -0.2) is 0 Å². The summed E-state index contributed by atoms with van der Waals surface area (Å²) in [6.45, 7) is 1.86. The summed E-state index contributed by atoms with van der Waals surface area (Å²) in [5, 5.41) is 2.99. The zero-order valence-electron chi connectivity index (χ0n) is 10.0. The highest BCUT2D eigenvalue weighted by molar-refractivity contribution is 5.47. The normalized spacial score (nSPS) is 11.6. The van der Waals surface area contributed by atoms with Crippen molar-refractivity contribution in [1.29, 1.82) is 0 Å². The first kappa shape index (κ1) is 13.8. The minimum atomic E-state index is -4.17. The summed E-state index contributed by atoms with van der Waals surface area (Å²) in [7, 11) is 1.83. The van der Waals surface area contributed by atoms with Gasteiger partial charge in [0.2, 0.25) is 0 Å². The Morgan fingerprint density at radius 1 is 1.18 bits per heavy atom. The molecule has 2 nitrogen and oxygen atoms in total. The molecule has 0 atom stereocenters. The van der Waals surface area contributed by atoms with E-state index in [1.807, 2.05) is 19.2 Å². The quantitative estimate of drug-likeness (QED) is 0.859. The molecule has 0 aliphatic rings. The first-order chi connectivity index (χ1) is 7.96. The number of rotatable bonds is 5. The van der Waals surface area contributed by atoms with Crippen LogP contribution in [0.5, 0.6) is 0 Å². The van der Waals surface area contributed by atoms with E-state index in [2.05, 4.69) is 5.32 Å². The molecule has 1 aromatic rings. The van der Waals surface area contributed by atoms with E-state index in [0.717, 1.165) is 5.56 Å². The Balaban J connectivity index is 2.75. The van der Waals surface area contributed by atoms with Crippen LogP contribution in [0, 0.1) is 0 Å². The second kappa shape index (κ2) is 5.91. The fourth-order valence-electron chi connectivity index (χ4n) is 1.63. The van der Waals surface area contributed by atoms with Crippen LogP contribution in [0.15, 0.2) is 24.3 Å². The summed E-state index contributed by atoms with van der Waals surface area (Å²) < 4.78 is 37.0. The highest BCUT2D eigenvalue weighted by Gasteiger charge is 2.30. The molecule has 0 aromatic heterocycles. The Morgan fingerprint density at radius 3 is 2.18 bits per heavy atom. The molecule has 0 aliphatic carbocycles. The zero-order valence-corrected chi connectivity index (χ0v) is 10.0. The lowest BCUT2D eigenvalue weighted by molar-refractivity contribution is -0.119. The Labute approximate surface area is 99.4 Å². The van der Waals surface area contributed by atoms with Crippen molar-refractivity contribution in [2.75, 3.05) is 25.0 Å². The van der Waals surface area contributed by atoms with Gasteiger partial charge in [-0.05, 0) is 31.7 Å². The smallest absolute Gasteiger partial charge is 0.363 e. The average molecular weight is 246 g/mol. The minimum Gasteiger partial charge on any atom is -0.363 e. The monoisotopic (exact) mass is 246 g/mol. The molecule has 0 bridgehead atoms. The molecule has 0 spiro atoms. The van der Waals surface area contributed by atoms with Crippen LogP contribution in [0.3, 0.4) is 0 Å². The van der Waals surface area contributed by atoms with Crippen LogP contribution >= 0.6 is 0 Å². The van der Waals surface area contributed by atoms with Gasteiger partial charge in [-0.2, -0.15) is 13.2 Å². The van der Waals surface area contributed by atoms with Gasteiger partial charge in [-0.3, -0.25) is 0 Å². The van der Waals surface area contributed by atoms with Crippen molar-refractivity contribution in [3.8, 4) is 0 Å². The third-order valence-corrected chi connectivity index (χ3v) is 2.43. The van der Waals surface area contributed by atoms with Crippen molar-refractivity contribution in [3.05, 3.63) is 29.8 Å². The van der Waals surface area contributed by atoms with E-state index in [0.29, 0.717) is 18.8 Å². The molecular formula is C12H17F3N2. The van der Waals surface area contributed by atoms with Crippen molar-refractivity contribution < 1.29 is 13.2 Å². The molecule has 0 aliphatic heterocycles. The van der Waals surface area contributed by atoms with Gasteiger partial charge in [0.15, 0.2) is 0 Å². The van der Waals surface area contributed by atoms with Crippen molar-refractivity contribution in [3.63, 3.8) is 0 Å². The SMILES string of the molecule is CCN(CC(F)(F)F)c1ccc(CNC)cc1. The third kappa shape index (κ3) is 4.65. The number of benzene rings is 1. The molecule has 0 saturated heterocycles. The van der Waals surface area contributed by atoms with Crippen LogP contribution in [0.2, 0.25) is 0 Å². The lowest BCUT2D eigenvalue weighted by Crippen LogP contribution is -2.34. The van der Waals surface area contributed by atoms with Crippen LogP contribution < -0.4 is 10.2 Å². The summed E-state index contributed by atoms with van der Waals surface area (Å²) in [5.74, 6) is 0. The topological polar surface area (TPSA) is 15.3 Å². The van der Waals surface area contributed by atoms with Crippen LogP contribution in [0.4, 0.5) is 18.9 Å². The minimum absolute atomic E-state index is 0.338. The summed E-state index contributed by atoms with van der Waals surface area (Å²) >= 11 is 0. The molecule has 1 aromatic carbocycles. The Bertz CT molecular complexity index is 333. The van der Waals surface area contributed by atoms with E-state index in [1.54, 1.807) is 19.1 Å². The van der Waals surface area contributed by atoms with Crippen molar-refractivity contribution in [2.24, 2.45) is 0 Å². The van der Waals surface area contributed by atoms with E-state index < -0.39 is 12.7 Å². The fraction of sp³-hybridized carbons (Fsp3) is 0.500. The van der Waals surface area contributed by atoms with E-state index in [9.17, 15) is 13.2 Å².